The molecule has 1 aromatic heterocycles. The molecule has 0 saturated heterocycles. The van der Waals surface area contributed by atoms with Crippen LogP contribution in [0.3, 0.4) is 0 Å². The molecule has 1 heterocycles. The van der Waals surface area contributed by atoms with Gasteiger partial charge in [-0.1, -0.05) is 6.92 Å². The Kier molecular flexibility index (Phi) is 5.21. The Morgan fingerprint density at radius 2 is 2.29 bits per heavy atom. The van der Waals surface area contributed by atoms with Crippen molar-refractivity contribution in [1.82, 2.24) is 9.97 Å². The fourth-order valence-electron chi connectivity index (χ4n) is 1.51. The number of rotatable bonds is 6. The number of aromatic carboxylic acids is 1. The zero-order valence-electron chi connectivity index (χ0n) is 10.3. The lowest BCUT2D eigenvalue weighted by Gasteiger charge is -2.27. The van der Waals surface area contributed by atoms with E-state index in [0.717, 1.165) is 12.2 Å². The van der Waals surface area contributed by atoms with Crippen LogP contribution in [0.4, 0.5) is 5.82 Å². The Hall–Kier alpha value is -1.30. The SMILES string of the molecule is CCC(CSC)N(C)c1cncc(C(=O)O)n1. The van der Waals surface area contributed by atoms with Crippen LogP contribution in [-0.2, 0) is 0 Å². The first-order valence-electron chi connectivity index (χ1n) is 5.37. The van der Waals surface area contributed by atoms with Crippen molar-refractivity contribution in [1.29, 1.82) is 0 Å². The van der Waals surface area contributed by atoms with E-state index in [1.54, 1.807) is 18.0 Å². The number of thioether (sulfide) groups is 1. The number of anilines is 1. The maximum Gasteiger partial charge on any atom is 0.356 e. The van der Waals surface area contributed by atoms with E-state index < -0.39 is 5.97 Å². The highest BCUT2D eigenvalue weighted by Gasteiger charge is 2.15. The molecule has 1 N–H and O–H groups in total. The van der Waals surface area contributed by atoms with Crippen molar-refractivity contribution in [2.75, 3.05) is 24.0 Å². The van der Waals surface area contributed by atoms with Crippen LogP contribution in [-0.4, -0.2) is 46.1 Å². The van der Waals surface area contributed by atoms with Crippen LogP contribution >= 0.6 is 11.8 Å². The molecule has 0 spiro atoms. The van der Waals surface area contributed by atoms with Gasteiger partial charge in [-0.2, -0.15) is 11.8 Å². The third-order valence-electron chi connectivity index (χ3n) is 2.58. The predicted octanol–water partition coefficient (Wildman–Crippen LogP) is 1.75. The molecule has 94 valence electrons. The molecule has 1 atom stereocenters. The van der Waals surface area contributed by atoms with Gasteiger partial charge in [-0.25, -0.2) is 9.78 Å². The van der Waals surface area contributed by atoms with Crippen LogP contribution in [0.1, 0.15) is 23.8 Å². The number of hydrogen-bond donors (Lipinski definition) is 1. The first kappa shape index (κ1) is 13.8. The third-order valence-corrected chi connectivity index (χ3v) is 3.30. The lowest BCUT2D eigenvalue weighted by atomic mass is 10.2. The second-order valence-corrected chi connectivity index (χ2v) is 4.61. The van der Waals surface area contributed by atoms with Crippen molar-refractivity contribution in [2.45, 2.75) is 19.4 Å². The van der Waals surface area contributed by atoms with Gasteiger partial charge in [0.25, 0.3) is 0 Å². The molecule has 1 aromatic rings. The third kappa shape index (κ3) is 3.59. The van der Waals surface area contributed by atoms with Gasteiger partial charge in [-0.05, 0) is 12.7 Å². The quantitative estimate of drug-likeness (QED) is 0.835. The Morgan fingerprint density at radius 1 is 1.59 bits per heavy atom. The van der Waals surface area contributed by atoms with E-state index in [1.165, 1.54) is 6.20 Å². The molecule has 0 aliphatic carbocycles. The van der Waals surface area contributed by atoms with E-state index in [-0.39, 0.29) is 5.69 Å². The van der Waals surface area contributed by atoms with Gasteiger partial charge in [0, 0.05) is 18.8 Å². The van der Waals surface area contributed by atoms with Gasteiger partial charge in [0.05, 0.1) is 12.4 Å². The molecule has 1 unspecified atom stereocenters. The zero-order chi connectivity index (χ0) is 12.8. The predicted molar refractivity (Wildman–Crippen MR) is 69.9 cm³/mol. The summed E-state index contributed by atoms with van der Waals surface area (Å²) >= 11 is 1.76. The summed E-state index contributed by atoms with van der Waals surface area (Å²) in [7, 11) is 1.92. The van der Waals surface area contributed by atoms with Gasteiger partial charge in [0.1, 0.15) is 5.82 Å². The van der Waals surface area contributed by atoms with Gasteiger partial charge in [-0.15, -0.1) is 0 Å². The molecule has 0 aromatic carbocycles. The van der Waals surface area contributed by atoms with E-state index >= 15 is 0 Å². The van der Waals surface area contributed by atoms with Crippen molar-refractivity contribution in [3.63, 3.8) is 0 Å². The largest absolute Gasteiger partial charge is 0.476 e. The second-order valence-electron chi connectivity index (χ2n) is 3.70. The number of hydrogen-bond acceptors (Lipinski definition) is 5. The molecule has 0 bridgehead atoms. The molecule has 1 rings (SSSR count). The normalized spacial score (nSPS) is 12.2. The summed E-state index contributed by atoms with van der Waals surface area (Å²) in [6.45, 7) is 2.10. The highest BCUT2D eigenvalue weighted by atomic mass is 32.2. The summed E-state index contributed by atoms with van der Waals surface area (Å²) in [6.07, 6.45) is 5.89. The standard InChI is InChI=1S/C11H17N3O2S/c1-4-8(7-17-3)14(2)10-6-12-5-9(13-10)11(15)16/h5-6,8H,4,7H2,1-3H3,(H,15,16). The van der Waals surface area contributed by atoms with E-state index in [2.05, 4.69) is 23.1 Å². The van der Waals surface area contributed by atoms with Crippen molar-refractivity contribution in [3.05, 3.63) is 18.1 Å². The van der Waals surface area contributed by atoms with E-state index in [0.29, 0.717) is 11.9 Å². The maximum atomic E-state index is 10.8. The molecule has 0 amide bonds. The van der Waals surface area contributed by atoms with Gasteiger partial charge in [0.15, 0.2) is 5.69 Å². The molecule has 0 aliphatic heterocycles. The fraction of sp³-hybridized carbons (Fsp3) is 0.545. The van der Waals surface area contributed by atoms with E-state index in [4.69, 9.17) is 5.11 Å². The molecular formula is C11H17N3O2S. The summed E-state index contributed by atoms with van der Waals surface area (Å²) < 4.78 is 0. The first-order chi connectivity index (χ1) is 8.10. The van der Waals surface area contributed by atoms with Crippen LogP contribution in [0, 0.1) is 0 Å². The van der Waals surface area contributed by atoms with Crippen molar-refractivity contribution in [3.8, 4) is 0 Å². The highest BCUT2D eigenvalue weighted by Crippen LogP contribution is 2.16. The summed E-state index contributed by atoms with van der Waals surface area (Å²) in [4.78, 5) is 20.8. The van der Waals surface area contributed by atoms with Gasteiger partial charge >= 0.3 is 5.97 Å². The van der Waals surface area contributed by atoms with Gasteiger partial charge in [0.2, 0.25) is 0 Å². The monoisotopic (exact) mass is 255 g/mol. The molecule has 6 heteroatoms. The minimum Gasteiger partial charge on any atom is -0.476 e. The number of aromatic nitrogens is 2. The van der Waals surface area contributed by atoms with E-state index in [1.807, 2.05) is 11.9 Å². The van der Waals surface area contributed by atoms with Crippen molar-refractivity contribution < 1.29 is 9.90 Å². The minimum atomic E-state index is -1.05. The number of carboxylic acids is 1. The van der Waals surface area contributed by atoms with Gasteiger partial charge in [-0.3, -0.25) is 4.98 Å². The van der Waals surface area contributed by atoms with Crippen LogP contribution < -0.4 is 4.90 Å². The summed E-state index contributed by atoms with van der Waals surface area (Å²) in [5.41, 5.74) is -0.0200. The molecular weight excluding hydrogens is 238 g/mol. The molecule has 0 fully saturated rings. The molecule has 17 heavy (non-hydrogen) atoms. The average molecular weight is 255 g/mol. The Balaban J connectivity index is 2.90. The number of carbonyl (C=O) groups is 1. The molecule has 0 radical (unpaired) electrons. The van der Waals surface area contributed by atoms with Gasteiger partial charge < -0.3 is 10.0 Å². The molecule has 5 nitrogen and oxygen atoms in total. The number of carboxylic acid groups (broad SMARTS) is 1. The van der Waals surface area contributed by atoms with Crippen LogP contribution in [0.5, 0.6) is 0 Å². The Labute approximate surface area is 105 Å². The molecule has 0 aliphatic rings. The topological polar surface area (TPSA) is 66.3 Å². The van der Waals surface area contributed by atoms with Crippen molar-refractivity contribution in [2.24, 2.45) is 0 Å². The maximum absolute atomic E-state index is 10.8. The second kappa shape index (κ2) is 6.44. The fourth-order valence-corrected chi connectivity index (χ4v) is 2.36. The summed E-state index contributed by atoms with van der Waals surface area (Å²) in [5.74, 6) is 0.530. The lowest BCUT2D eigenvalue weighted by molar-refractivity contribution is 0.0690. The highest BCUT2D eigenvalue weighted by molar-refractivity contribution is 7.98. The summed E-state index contributed by atoms with van der Waals surface area (Å²) in [5, 5.41) is 8.87. The summed E-state index contributed by atoms with van der Waals surface area (Å²) in [6, 6.07) is 0.336. The van der Waals surface area contributed by atoms with Crippen LogP contribution in [0.15, 0.2) is 12.4 Å². The van der Waals surface area contributed by atoms with Crippen molar-refractivity contribution >= 4 is 23.5 Å². The smallest absolute Gasteiger partial charge is 0.356 e. The van der Waals surface area contributed by atoms with Crippen LogP contribution in [0.2, 0.25) is 0 Å². The van der Waals surface area contributed by atoms with E-state index in [9.17, 15) is 4.79 Å². The van der Waals surface area contributed by atoms with Crippen LogP contribution in [0.25, 0.3) is 0 Å². The number of nitrogens with zero attached hydrogens (tertiary/aromatic N) is 3. The average Bonchev–Trinajstić information content (AvgIpc) is 2.35. The first-order valence-corrected chi connectivity index (χ1v) is 6.76. The lowest BCUT2D eigenvalue weighted by Crippen LogP contribution is -2.34. The Morgan fingerprint density at radius 3 is 2.82 bits per heavy atom. The minimum absolute atomic E-state index is 0.0200. The Bertz CT molecular complexity index is 387. The molecule has 0 saturated carbocycles. The zero-order valence-corrected chi connectivity index (χ0v) is 11.1.